The van der Waals surface area contributed by atoms with E-state index in [1.807, 2.05) is 30.3 Å². The van der Waals surface area contributed by atoms with E-state index in [1.54, 1.807) is 48.2 Å². The molecular weight excluding hydrogens is 440 g/mol. The van der Waals surface area contributed by atoms with Crippen molar-refractivity contribution in [3.05, 3.63) is 78.2 Å². The van der Waals surface area contributed by atoms with Crippen LogP contribution in [-0.2, 0) is 10.0 Å². The molecule has 1 amide bonds. The van der Waals surface area contributed by atoms with E-state index in [0.29, 0.717) is 40.6 Å². The van der Waals surface area contributed by atoms with Gasteiger partial charge in [0.15, 0.2) is 0 Å². The maximum Gasteiger partial charge on any atom is 0.253 e. The summed E-state index contributed by atoms with van der Waals surface area (Å²) in [5.74, 6) is 0.813. The van der Waals surface area contributed by atoms with Crippen molar-refractivity contribution in [2.24, 2.45) is 0 Å². The molecule has 1 aliphatic heterocycles. The van der Waals surface area contributed by atoms with E-state index >= 15 is 0 Å². The smallest absolute Gasteiger partial charge is 0.253 e. The zero-order chi connectivity index (χ0) is 23.0. The second kappa shape index (κ2) is 8.42. The lowest BCUT2D eigenvalue weighted by molar-refractivity contribution is 0.0698. The van der Waals surface area contributed by atoms with Gasteiger partial charge in [-0.15, -0.1) is 0 Å². The van der Waals surface area contributed by atoms with E-state index in [9.17, 15) is 13.2 Å². The molecule has 1 fully saturated rings. The molecule has 168 valence electrons. The average molecular weight is 463 g/mol. The number of aryl methyl sites for hydroxylation is 1. The molecular formula is C24H22N4O4S. The minimum atomic E-state index is -3.66. The Morgan fingerprint density at radius 2 is 1.61 bits per heavy atom. The Morgan fingerprint density at radius 3 is 2.30 bits per heavy atom. The molecule has 0 unspecified atom stereocenters. The van der Waals surface area contributed by atoms with Crippen LogP contribution in [0.5, 0.6) is 0 Å². The van der Waals surface area contributed by atoms with E-state index in [-0.39, 0.29) is 19.0 Å². The minimum absolute atomic E-state index is 0.131. The fourth-order valence-electron chi connectivity index (χ4n) is 4.05. The molecule has 4 aromatic rings. The molecule has 0 saturated carbocycles. The largest absolute Gasteiger partial charge is 0.339 e. The highest BCUT2D eigenvalue weighted by Gasteiger charge is 2.31. The number of carbonyl (C=O) groups excluding carboxylic acids is 1. The molecule has 0 aliphatic carbocycles. The van der Waals surface area contributed by atoms with Crippen LogP contribution in [0.15, 0.2) is 76.1 Å². The van der Waals surface area contributed by atoms with Crippen LogP contribution in [0, 0.1) is 6.92 Å². The van der Waals surface area contributed by atoms with E-state index in [0.717, 1.165) is 10.9 Å². The summed E-state index contributed by atoms with van der Waals surface area (Å²) in [5.41, 5.74) is 1.29. The number of piperazine rings is 1. The molecule has 0 atom stereocenters. The Hall–Kier alpha value is -3.56. The highest BCUT2D eigenvalue weighted by molar-refractivity contribution is 7.89. The zero-order valence-corrected chi connectivity index (χ0v) is 18.8. The maximum absolute atomic E-state index is 13.3. The summed E-state index contributed by atoms with van der Waals surface area (Å²) in [7, 11) is -3.66. The quantitative estimate of drug-likeness (QED) is 0.462. The van der Waals surface area contributed by atoms with E-state index < -0.39 is 10.0 Å². The second-order valence-corrected chi connectivity index (χ2v) is 9.79. The summed E-state index contributed by atoms with van der Waals surface area (Å²) in [6.07, 6.45) is 0. The van der Waals surface area contributed by atoms with Gasteiger partial charge in [-0.3, -0.25) is 4.79 Å². The molecule has 0 spiro atoms. The third-order valence-electron chi connectivity index (χ3n) is 5.81. The Bertz CT molecular complexity index is 1420. The van der Waals surface area contributed by atoms with E-state index in [2.05, 4.69) is 10.1 Å². The van der Waals surface area contributed by atoms with Crippen molar-refractivity contribution in [3.8, 4) is 11.4 Å². The van der Waals surface area contributed by atoms with E-state index in [4.69, 9.17) is 4.52 Å². The van der Waals surface area contributed by atoms with Gasteiger partial charge in [0.1, 0.15) is 0 Å². The molecule has 3 aromatic carbocycles. The first-order chi connectivity index (χ1) is 15.9. The van der Waals surface area contributed by atoms with Crippen molar-refractivity contribution < 1.29 is 17.7 Å². The van der Waals surface area contributed by atoms with Crippen molar-refractivity contribution >= 4 is 26.7 Å². The number of carbonyl (C=O) groups is 1. The Morgan fingerprint density at radius 1 is 0.909 bits per heavy atom. The van der Waals surface area contributed by atoms with E-state index in [1.165, 1.54) is 4.31 Å². The third-order valence-corrected chi connectivity index (χ3v) is 7.77. The molecule has 33 heavy (non-hydrogen) atoms. The number of nitrogens with zero attached hydrogens (tertiary/aromatic N) is 4. The van der Waals surface area contributed by atoms with Crippen molar-refractivity contribution in [1.29, 1.82) is 0 Å². The van der Waals surface area contributed by atoms with Crippen LogP contribution in [0.1, 0.15) is 16.2 Å². The minimum Gasteiger partial charge on any atom is -0.339 e. The van der Waals surface area contributed by atoms with Gasteiger partial charge in [-0.1, -0.05) is 53.7 Å². The molecule has 0 bridgehead atoms. The summed E-state index contributed by atoms with van der Waals surface area (Å²) in [5, 5.41) is 5.47. The molecule has 0 radical (unpaired) electrons. The number of amides is 1. The van der Waals surface area contributed by atoms with Gasteiger partial charge in [-0.25, -0.2) is 8.42 Å². The Balaban J connectivity index is 1.29. The number of benzene rings is 3. The lowest BCUT2D eigenvalue weighted by Gasteiger charge is -2.34. The second-order valence-electron chi connectivity index (χ2n) is 7.89. The highest BCUT2D eigenvalue weighted by atomic mass is 32.2. The van der Waals surface area contributed by atoms with Crippen molar-refractivity contribution in [2.75, 3.05) is 26.2 Å². The van der Waals surface area contributed by atoms with Crippen LogP contribution < -0.4 is 0 Å². The predicted molar refractivity (Wildman–Crippen MR) is 123 cm³/mol. The number of aromatic nitrogens is 2. The average Bonchev–Trinajstić information content (AvgIpc) is 3.29. The van der Waals surface area contributed by atoms with Crippen molar-refractivity contribution in [2.45, 2.75) is 11.8 Å². The summed E-state index contributed by atoms with van der Waals surface area (Å²) in [6, 6.07) is 19.7. The number of rotatable bonds is 4. The number of fused-ring (bicyclic) bond motifs is 1. The van der Waals surface area contributed by atoms with Gasteiger partial charge in [-0.2, -0.15) is 9.29 Å². The first kappa shape index (κ1) is 21.3. The van der Waals surface area contributed by atoms with Crippen LogP contribution in [0.25, 0.3) is 22.2 Å². The van der Waals surface area contributed by atoms with Crippen LogP contribution in [-0.4, -0.2) is 59.8 Å². The predicted octanol–water partition coefficient (Wildman–Crippen LogP) is 3.34. The lowest BCUT2D eigenvalue weighted by Crippen LogP contribution is -2.50. The normalized spacial score (nSPS) is 15.1. The number of sulfonamides is 1. The van der Waals surface area contributed by atoms with Gasteiger partial charge < -0.3 is 9.42 Å². The van der Waals surface area contributed by atoms with Gasteiger partial charge in [0.05, 0.1) is 4.90 Å². The third kappa shape index (κ3) is 4.01. The van der Waals surface area contributed by atoms with Crippen molar-refractivity contribution in [3.63, 3.8) is 0 Å². The summed E-state index contributed by atoms with van der Waals surface area (Å²) in [4.78, 5) is 19.1. The standard InChI is InChI=1S/C24H22N4O4S/c1-17-25-23(26-32-17)19-9-11-20(12-10-19)24(29)27-13-15-28(16-14-27)33(30,31)22-8-4-6-18-5-2-3-7-21(18)22/h2-12H,13-16H2,1H3. The number of hydrogen-bond donors (Lipinski definition) is 0. The van der Waals surface area contributed by atoms with Crippen LogP contribution in [0.4, 0.5) is 0 Å². The molecule has 1 saturated heterocycles. The molecule has 1 aromatic heterocycles. The van der Waals surface area contributed by atoms with Crippen LogP contribution >= 0.6 is 0 Å². The first-order valence-electron chi connectivity index (χ1n) is 10.6. The number of hydrogen-bond acceptors (Lipinski definition) is 6. The topological polar surface area (TPSA) is 96.6 Å². The van der Waals surface area contributed by atoms with Gasteiger partial charge in [0, 0.05) is 49.6 Å². The Kier molecular flexibility index (Phi) is 5.43. The SMILES string of the molecule is Cc1nc(-c2ccc(C(=O)N3CCN(S(=O)(=O)c4cccc5ccccc45)CC3)cc2)no1. The monoisotopic (exact) mass is 462 g/mol. The first-order valence-corrected chi connectivity index (χ1v) is 12.1. The fraction of sp³-hybridized carbons (Fsp3) is 0.208. The fourth-order valence-corrected chi connectivity index (χ4v) is 5.69. The van der Waals surface area contributed by atoms with Gasteiger partial charge in [0.2, 0.25) is 21.7 Å². The molecule has 5 rings (SSSR count). The molecule has 9 heteroatoms. The van der Waals surface area contributed by atoms with Gasteiger partial charge in [-0.05, 0) is 23.6 Å². The Labute approximate surface area is 191 Å². The zero-order valence-electron chi connectivity index (χ0n) is 18.0. The summed E-state index contributed by atoms with van der Waals surface area (Å²) in [6.45, 7) is 2.87. The van der Waals surface area contributed by atoms with Gasteiger partial charge in [0.25, 0.3) is 5.91 Å². The molecule has 0 N–H and O–H groups in total. The highest BCUT2D eigenvalue weighted by Crippen LogP contribution is 2.26. The maximum atomic E-state index is 13.3. The summed E-state index contributed by atoms with van der Waals surface area (Å²) >= 11 is 0. The van der Waals surface area contributed by atoms with Gasteiger partial charge >= 0.3 is 0 Å². The molecule has 1 aliphatic rings. The van der Waals surface area contributed by atoms with Crippen molar-refractivity contribution in [1.82, 2.24) is 19.3 Å². The lowest BCUT2D eigenvalue weighted by atomic mass is 10.1. The summed E-state index contributed by atoms with van der Waals surface area (Å²) < 4.78 is 33.1. The van der Waals surface area contributed by atoms with Crippen LogP contribution in [0.3, 0.4) is 0 Å². The van der Waals surface area contributed by atoms with Crippen LogP contribution in [0.2, 0.25) is 0 Å². The molecule has 2 heterocycles. The molecule has 8 nitrogen and oxygen atoms in total.